The highest BCUT2D eigenvalue weighted by atomic mass is 16.5. The Labute approximate surface area is 84.4 Å². The maximum absolute atomic E-state index is 11.4. The van der Waals surface area contributed by atoms with Gasteiger partial charge in [0.05, 0.1) is 7.11 Å². The molecule has 1 aliphatic heterocycles. The first kappa shape index (κ1) is 9.77. The van der Waals surface area contributed by atoms with E-state index >= 15 is 0 Å². The van der Waals surface area contributed by atoms with Crippen molar-refractivity contribution in [3.63, 3.8) is 0 Å². The zero-order valence-corrected chi connectivity index (χ0v) is 8.66. The molecule has 2 atom stereocenters. The number of fused-ring (bicyclic) bond motifs is 1. The van der Waals surface area contributed by atoms with Crippen molar-refractivity contribution >= 4 is 6.09 Å². The summed E-state index contributed by atoms with van der Waals surface area (Å²) in [6, 6.07) is 0. The van der Waals surface area contributed by atoms with E-state index in [-0.39, 0.29) is 11.5 Å². The van der Waals surface area contributed by atoms with Crippen LogP contribution in [-0.4, -0.2) is 37.7 Å². The second-order valence-corrected chi connectivity index (χ2v) is 4.51. The van der Waals surface area contributed by atoms with E-state index in [0.29, 0.717) is 12.5 Å². The summed E-state index contributed by atoms with van der Waals surface area (Å²) >= 11 is 0. The molecule has 0 aromatic rings. The second-order valence-electron chi connectivity index (χ2n) is 4.51. The number of nitrogens with zero attached hydrogens (tertiary/aromatic N) is 1. The molecule has 0 bridgehead atoms. The Bertz CT molecular complexity index is 244. The third kappa shape index (κ3) is 1.29. The molecular formula is C10H18N2O2. The van der Waals surface area contributed by atoms with Gasteiger partial charge in [-0.2, -0.15) is 0 Å². The summed E-state index contributed by atoms with van der Waals surface area (Å²) in [6.07, 6.45) is 3.44. The first-order valence-corrected chi connectivity index (χ1v) is 5.25. The maximum Gasteiger partial charge on any atom is 0.409 e. The van der Waals surface area contributed by atoms with Gasteiger partial charge in [-0.05, 0) is 25.3 Å². The Balaban J connectivity index is 2.08. The van der Waals surface area contributed by atoms with Crippen LogP contribution in [0.4, 0.5) is 4.79 Å². The third-order valence-corrected chi connectivity index (χ3v) is 3.88. The first-order chi connectivity index (χ1) is 6.72. The quantitative estimate of drug-likeness (QED) is 0.678. The van der Waals surface area contributed by atoms with Gasteiger partial charge in [-0.15, -0.1) is 0 Å². The fourth-order valence-electron chi connectivity index (χ4n) is 3.02. The van der Waals surface area contributed by atoms with Gasteiger partial charge in [0.25, 0.3) is 0 Å². The van der Waals surface area contributed by atoms with Crippen LogP contribution in [0.25, 0.3) is 0 Å². The highest BCUT2D eigenvalue weighted by Gasteiger charge is 2.49. The number of rotatable bonds is 1. The fourth-order valence-corrected chi connectivity index (χ4v) is 3.02. The number of likely N-dealkylation sites (tertiary alicyclic amines) is 1. The minimum atomic E-state index is -0.202. The third-order valence-electron chi connectivity index (χ3n) is 3.88. The molecule has 4 heteroatoms. The van der Waals surface area contributed by atoms with E-state index < -0.39 is 0 Å². The van der Waals surface area contributed by atoms with Crippen LogP contribution in [0.1, 0.15) is 19.3 Å². The minimum Gasteiger partial charge on any atom is -0.453 e. The highest BCUT2D eigenvalue weighted by molar-refractivity contribution is 5.68. The van der Waals surface area contributed by atoms with Gasteiger partial charge in [0.15, 0.2) is 0 Å². The van der Waals surface area contributed by atoms with Crippen LogP contribution in [0.15, 0.2) is 0 Å². The number of ether oxygens (including phenoxy) is 1. The van der Waals surface area contributed by atoms with Crippen molar-refractivity contribution in [3.05, 3.63) is 0 Å². The summed E-state index contributed by atoms with van der Waals surface area (Å²) in [7, 11) is 1.44. The van der Waals surface area contributed by atoms with Gasteiger partial charge in [-0.3, -0.25) is 0 Å². The molecule has 2 N–H and O–H groups in total. The normalized spacial score (nSPS) is 35.9. The molecular weight excluding hydrogens is 180 g/mol. The maximum atomic E-state index is 11.4. The minimum absolute atomic E-state index is 0.202. The number of methoxy groups -OCH3 is 1. The van der Waals surface area contributed by atoms with Crippen LogP contribution in [0.3, 0.4) is 0 Å². The van der Waals surface area contributed by atoms with Crippen molar-refractivity contribution in [2.45, 2.75) is 19.3 Å². The summed E-state index contributed by atoms with van der Waals surface area (Å²) in [5, 5.41) is 0. The summed E-state index contributed by atoms with van der Waals surface area (Å²) in [4.78, 5) is 13.2. The van der Waals surface area contributed by atoms with Crippen LogP contribution >= 0.6 is 0 Å². The summed E-state index contributed by atoms with van der Waals surface area (Å²) < 4.78 is 4.74. The number of hydrogen-bond acceptors (Lipinski definition) is 3. The van der Waals surface area contributed by atoms with Crippen LogP contribution in [0.2, 0.25) is 0 Å². The van der Waals surface area contributed by atoms with Crippen molar-refractivity contribution in [1.82, 2.24) is 4.90 Å². The highest BCUT2D eigenvalue weighted by Crippen LogP contribution is 2.47. The number of amides is 1. The Morgan fingerprint density at radius 1 is 1.71 bits per heavy atom. The molecule has 1 saturated heterocycles. The van der Waals surface area contributed by atoms with Crippen molar-refractivity contribution in [3.8, 4) is 0 Å². The molecule has 0 spiro atoms. The largest absolute Gasteiger partial charge is 0.453 e. The van der Waals surface area contributed by atoms with E-state index in [1.807, 2.05) is 0 Å². The zero-order chi connectivity index (χ0) is 10.2. The Morgan fingerprint density at radius 2 is 2.50 bits per heavy atom. The lowest BCUT2D eigenvalue weighted by atomic mass is 9.81. The van der Waals surface area contributed by atoms with E-state index in [4.69, 9.17) is 10.5 Å². The van der Waals surface area contributed by atoms with Gasteiger partial charge < -0.3 is 15.4 Å². The number of carbonyl (C=O) groups is 1. The summed E-state index contributed by atoms with van der Waals surface area (Å²) in [6.45, 7) is 2.33. The van der Waals surface area contributed by atoms with E-state index in [2.05, 4.69) is 0 Å². The molecule has 0 radical (unpaired) electrons. The van der Waals surface area contributed by atoms with Crippen LogP contribution in [0, 0.1) is 11.3 Å². The Hall–Kier alpha value is -0.770. The van der Waals surface area contributed by atoms with Crippen LogP contribution in [0.5, 0.6) is 0 Å². The summed E-state index contributed by atoms with van der Waals surface area (Å²) in [5.74, 6) is 0.603. The van der Waals surface area contributed by atoms with Gasteiger partial charge in [-0.1, -0.05) is 6.42 Å². The van der Waals surface area contributed by atoms with Crippen molar-refractivity contribution in [2.24, 2.45) is 17.1 Å². The molecule has 2 unspecified atom stereocenters. The van der Waals surface area contributed by atoms with Crippen LogP contribution < -0.4 is 5.73 Å². The SMILES string of the molecule is COC(=O)N1CC2CCCC2(CN)C1. The lowest BCUT2D eigenvalue weighted by Gasteiger charge is -2.26. The van der Waals surface area contributed by atoms with Crippen molar-refractivity contribution in [2.75, 3.05) is 26.7 Å². The molecule has 0 aromatic carbocycles. The molecule has 1 heterocycles. The Morgan fingerprint density at radius 3 is 3.07 bits per heavy atom. The first-order valence-electron chi connectivity index (χ1n) is 5.25. The molecule has 14 heavy (non-hydrogen) atoms. The van der Waals surface area contributed by atoms with Gasteiger partial charge >= 0.3 is 6.09 Å². The fraction of sp³-hybridized carbons (Fsp3) is 0.900. The van der Waals surface area contributed by atoms with Gasteiger partial charge in [0, 0.05) is 18.5 Å². The van der Waals surface area contributed by atoms with E-state index in [9.17, 15) is 4.79 Å². The van der Waals surface area contributed by atoms with Gasteiger partial charge in [0.2, 0.25) is 0 Å². The molecule has 4 nitrogen and oxygen atoms in total. The predicted molar refractivity (Wildman–Crippen MR) is 52.8 cm³/mol. The molecule has 80 valence electrons. The van der Waals surface area contributed by atoms with Crippen molar-refractivity contribution < 1.29 is 9.53 Å². The average Bonchev–Trinajstić information content (AvgIpc) is 2.72. The lowest BCUT2D eigenvalue weighted by molar-refractivity contribution is 0.126. The standard InChI is InChI=1S/C10H18N2O2/c1-14-9(13)12-5-8-3-2-4-10(8,6-11)7-12/h8H,2-7,11H2,1H3. The predicted octanol–water partition coefficient (Wildman–Crippen LogP) is 0.814. The van der Waals surface area contributed by atoms with Crippen molar-refractivity contribution in [1.29, 1.82) is 0 Å². The monoisotopic (exact) mass is 198 g/mol. The molecule has 2 fully saturated rings. The number of carbonyl (C=O) groups excluding carboxylic acids is 1. The topological polar surface area (TPSA) is 55.6 Å². The average molecular weight is 198 g/mol. The molecule has 2 rings (SSSR count). The molecule has 2 aliphatic rings. The van der Waals surface area contributed by atoms with E-state index in [1.165, 1.54) is 26.4 Å². The molecule has 1 saturated carbocycles. The van der Waals surface area contributed by atoms with E-state index in [0.717, 1.165) is 13.1 Å². The van der Waals surface area contributed by atoms with E-state index in [1.54, 1.807) is 4.90 Å². The lowest BCUT2D eigenvalue weighted by Crippen LogP contribution is -2.36. The molecule has 0 aromatic heterocycles. The zero-order valence-electron chi connectivity index (χ0n) is 8.66. The number of nitrogens with two attached hydrogens (primary N) is 1. The smallest absolute Gasteiger partial charge is 0.409 e. The van der Waals surface area contributed by atoms with Crippen LogP contribution in [-0.2, 0) is 4.74 Å². The Kier molecular flexibility index (Phi) is 2.39. The second kappa shape index (κ2) is 3.42. The molecule has 1 amide bonds. The summed E-state index contributed by atoms with van der Waals surface area (Å²) in [5.41, 5.74) is 6.04. The molecule has 1 aliphatic carbocycles. The number of hydrogen-bond donors (Lipinski definition) is 1. The van der Waals surface area contributed by atoms with Gasteiger partial charge in [0.1, 0.15) is 0 Å². The van der Waals surface area contributed by atoms with Gasteiger partial charge in [-0.25, -0.2) is 4.79 Å².